The molecule has 1 aromatic heterocycles. The van der Waals surface area contributed by atoms with E-state index >= 15 is 0 Å². The molecule has 26 heavy (non-hydrogen) atoms. The number of hydrogen-bond donors (Lipinski definition) is 1. The van der Waals surface area contributed by atoms with Gasteiger partial charge in [-0.15, -0.1) is 0 Å². The van der Waals surface area contributed by atoms with Crippen molar-refractivity contribution in [3.05, 3.63) is 18.2 Å². The molecule has 0 radical (unpaired) electrons. The molecule has 11 heteroatoms. The number of guanidine groups is 1. The van der Waals surface area contributed by atoms with Crippen LogP contribution in [0.15, 0.2) is 17.4 Å². The molecule has 0 saturated carbocycles. The Kier molecular flexibility index (Phi) is 5.89. The maximum Gasteiger partial charge on any atom is 0.406 e. The van der Waals surface area contributed by atoms with Crippen LogP contribution in [-0.2, 0) is 22.9 Å². The van der Waals surface area contributed by atoms with Crippen LogP contribution in [0.5, 0.6) is 0 Å². The summed E-state index contributed by atoms with van der Waals surface area (Å²) < 4.78 is 62.2. The van der Waals surface area contributed by atoms with Crippen molar-refractivity contribution in [3.63, 3.8) is 0 Å². The van der Waals surface area contributed by atoms with E-state index in [1.165, 1.54) is 12.4 Å². The van der Waals surface area contributed by atoms with E-state index in [1.807, 2.05) is 11.8 Å². The summed E-state index contributed by atoms with van der Waals surface area (Å²) in [7, 11) is -3.19. The molecule has 148 valence electrons. The van der Waals surface area contributed by atoms with Crippen LogP contribution >= 0.6 is 0 Å². The number of hydrogen-bond acceptors (Lipinski definition) is 4. The molecule has 0 amide bonds. The molecule has 1 N–H and O–H groups in total. The molecule has 1 aromatic rings. The van der Waals surface area contributed by atoms with Crippen molar-refractivity contribution >= 4 is 15.8 Å². The van der Waals surface area contributed by atoms with E-state index in [4.69, 9.17) is 0 Å². The first-order valence-electron chi connectivity index (χ1n) is 8.27. The first-order valence-corrected chi connectivity index (χ1v) is 9.93. The maximum absolute atomic E-state index is 12.6. The fourth-order valence-corrected chi connectivity index (χ4v) is 4.09. The Morgan fingerprint density at radius 3 is 2.69 bits per heavy atom. The summed E-state index contributed by atoms with van der Waals surface area (Å²) in [4.78, 5) is 10.1. The summed E-state index contributed by atoms with van der Waals surface area (Å²) in [5.74, 6) is 0.672. The second-order valence-corrected chi connectivity index (χ2v) is 9.50. The van der Waals surface area contributed by atoms with Crippen LogP contribution in [0, 0.1) is 0 Å². The number of aromatic nitrogens is 2. The minimum atomic E-state index is -4.34. The second kappa shape index (κ2) is 7.45. The third-order valence-corrected chi connectivity index (χ3v) is 6.73. The van der Waals surface area contributed by atoms with Gasteiger partial charge in [0, 0.05) is 32.0 Å². The molecule has 0 atom stereocenters. The largest absolute Gasteiger partial charge is 0.406 e. The maximum atomic E-state index is 12.6. The van der Waals surface area contributed by atoms with E-state index in [2.05, 4.69) is 15.3 Å². The van der Waals surface area contributed by atoms with E-state index < -0.39 is 27.3 Å². The van der Waals surface area contributed by atoms with E-state index in [0.29, 0.717) is 12.5 Å². The van der Waals surface area contributed by atoms with Gasteiger partial charge < -0.3 is 14.8 Å². The van der Waals surface area contributed by atoms with Crippen molar-refractivity contribution in [1.29, 1.82) is 0 Å². The molecule has 1 fully saturated rings. The Labute approximate surface area is 151 Å². The summed E-state index contributed by atoms with van der Waals surface area (Å²) in [5.41, 5.74) is 0. The van der Waals surface area contributed by atoms with Gasteiger partial charge >= 0.3 is 6.18 Å². The van der Waals surface area contributed by atoms with Crippen LogP contribution in [0.2, 0.25) is 0 Å². The highest BCUT2D eigenvalue weighted by Crippen LogP contribution is 2.24. The molecule has 0 aromatic carbocycles. The predicted octanol–water partition coefficient (Wildman–Crippen LogP) is 1.42. The number of nitrogens with one attached hydrogen (secondary N) is 1. The second-order valence-electron chi connectivity index (χ2n) is 6.76. The third kappa shape index (κ3) is 4.89. The van der Waals surface area contributed by atoms with Gasteiger partial charge in [0.25, 0.3) is 0 Å². The Morgan fingerprint density at radius 1 is 1.42 bits per heavy atom. The lowest BCUT2D eigenvalue weighted by Gasteiger charge is -2.39. The smallest absolute Gasteiger partial charge is 0.357 e. The van der Waals surface area contributed by atoms with Crippen LogP contribution < -0.4 is 5.32 Å². The molecule has 0 unspecified atom stereocenters. The predicted molar refractivity (Wildman–Crippen MR) is 92.5 cm³/mol. The van der Waals surface area contributed by atoms with Crippen molar-refractivity contribution < 1.29 is 21.6 Å². The highest BCUT2D eigenvalue weighted by molar-refractivity contribution is 7.92. The number of imidazole rings is 1. The lowest BCUT2D eigenvalue weighted by atomic mass is 10.2. The lowest BCUT2D eigenvalue weighted by Crippen LogP contribution is -2.57. The highest BCUT2D eigenvalue weighted by Gasteiger charge is 2.41. The quantitative estimate of drug-likeness (QED) is 0.616. The van der Waals surface area contributed by atoms with Crippen molar-refractivity contribution in [3.8, 4) is 0 Å². The number of nitrogens with zero attached hydrogens (tertiary/aromatic N) is 4. The van der Waals surface area contributed by atoms with E-state index in [0.717, 1.165) is 4.57 Å². The van der Waals surface area contributed by atoms with E-state index in [1.54, 1.807) is 13.8 Å². The monoisotopic (exact) mass is 395 g/mol. The van der Waals surface area contributed by atoms with Gasteiger partial charge in [-0.1, -0.05) is 0 Å². The number of aliphatic imine (C=N–C) groups is 1. The summed E-state index contributed by atoms with van der Waals surface area (Å²) in [6.45, 7) is 5.14. The van der Waals surface area contributed by atoms with Gasteiger partial charge in [-0.25, -0.2) is 18.4 Å². The van der Waals surface area contributed by atoms with Gasteiger partial charge in [0.15, 0.2) is 15.8 Å². The van der Waals surface area contributed by atoms with E-state index in [-0.39, 0.29) is 31.2 Å². The highest BCUT2D eigenvalue weighted by atomic mass is 32.2. The van der Waals surface area contributed by atoms with Gasteiger partial charge in [-0.05, 0) is 20.8 Å². The average Bonchev–Trinajstić information content (AvgIpc) is 2.91. The molecule has 2 rings (SSSR count). The molecule has 0 aliphatic carbocycles. The number of rotatable bonds is 4. The Bertz CT molecular complexity index is 756. The minimum absolute atomic E-state index is 0.00706. The zero-order valence-electron chi connectivity index (χ0n) is 15.0. The average molecular weight is 395 g/mol. The van der Waals surface area contributed by atoms with Crippen LogP contribution in [-0.4, -0.2) is 65.1 Å². The standard InChI is InChI=1S/C15H24F3N5O2S/c1-4-19-13(23-7-8-26(24,25)14(2,3)10-23)21-9-12-20-5-6-22(12)11-15(16,17)18/h5-6H,4,7-11H2,1-3H3,(H,19,21). The SMILES string of the molecule is CCNC(=NCc1nccn1CC(F)(F)F)N1CCS(=O)(=O)C(C)(C)C1. The first kappa shape index (κ1) is 20.5. The van der Waals surface area contributed by atoms with Crippen molar-refractivity contribution in [2.24, 2.45) is 4.99 Å². The molecule has 7 nitrogen and oxygen atoms in total. The zero-order chi connectivity index (χ0) is 19.6. The first-order chi connectivity index (χ1) is 12.0. The molecular formula is C15H24F3N5O2S. The summed E-state index contributed by atoms with van der Waals surface area (Å²) in [6.07, 6.45) is -1.77. The van der Waals surface area contributed by atoms with Gasteiger partial charge in [0.2, 0.25) is 0 Å². The molecule has 0 spiro atoms. The van der Waals surface area contributed by atoms with Crippen molar-refractivity contribution in [1.82, 2.24) is 19.8 Å². The molecule has 0 bridgehead atoms. The minimum Gasteiger partial charge on any atom is -0.357 e. The van der Waals surface area contributed by atoms with Crippen molar-refractivity contribution in [2.45, 2.75) is 44.8 Å². The van der Waals surface area contributed by atoms with Gasteiger partial charge in [0.05, 0.1) is 10.5 Å². The van der Waals surface area contributed by atoms with Crippen LogP contribution in [0.4, 0.5) is 13.2 Å². The topological polar surface area (TPSA) is 79.6 Å². The summed E-state index contributed by atoms with van der Waals surface area (Å²) >= 11 is 0. The third-order valence-electron chi connectivity index (χ3n) is 4.20. The van der Waals surface area contributed by atoms with Crippen LogP contribution in [0.1, 0.15) is 26.6 Å². The number of halogens is 3. The van der Waals surface area contributed by atoms with E-state index in [9.17, 15) is 21.6 Å². The molecule has 1 saturated heterocycles. The molecule has 2 heterocycles. The summed E-state index contributed by atoms with van der Waals surface area (Å²) in [5, 5.41) is 3.07. The molecular weight excluding hydrogens is 371 g/mol. The Hall–Kier alpha value is -1.78. The van der Waals surface area contributed by atoms with Crippen LogP contribution in [0.25, 0.3) is 0 Å². The van der Waals surface area contributed by atoms with Crippen molar-refractivity contribution in [2.75, 3.05) is 25.4 Å². The fraction of sp³-hybridized carbons (Fsp3) is 0.733. The summed E-state index contributed by atoms with van der Waals surface area (Å²) in [6, 6.07) is 0. The van der Waals surface area contributed by atoms with Gasteiger partial charge in [-0.2, -0.15) is 13.2 Å². The lowest BCUT2D eigenvalue weighted by molar-refractivity contribution is -0.141. The fourth-order valence-electron chi connectivity index (χ4n) is 2.72. The Balaban J connectivity index is 2.17. The number of alkyl halides is 3. The normalized spacial score (nSPS) is 20.2. The van der Waals surface area contributed by atoms with Crippen LogP contribution in [0.3, 0.4) is 0 Å². The molecule has 1 aliphatic rings. The zero-order valence-corrected chi connectivity index (χ0v) is 15.9. The molecule has 1 aliphatic heterocycles. The number of sulfone groups is 1. The van der Waals surface area contributed by atoms with Gasteiger partial charge in [-0.3, -0.25) is 0 Å². The van der Waals surface area contributed by atoms with Gasteiger partial charge in [0.1, 0.15) is 18.9 Å². The Morgan fingerprint density at radius 2 is 2.12 bits per heavy atom.